The Morgan fingerprint density at radius 3 is 2.61 bits per heavy atom. The van der Waals surface area contributed by atoms with Crippen LogP contribution in [0.4, 0.5) is 19.3 Å². The fraction of sp³-hybridized carbons (Fsp3) is 0.458. The van der Waals surface area contributed by atoms with E-state index in [0.717, 1.165) is 43.6 Å². The maximum absolute atomic E-state index is 13.8. The number of urea groups is 1. The van der Waals surface area contributed by atoms with E-state index in [4.69, 9.17) is 11.6 Å². The lowest BCUT2D eigenvalue weighted by atomic mass is 10.0. The van der Waals surface area contributed by atoms with Crippen LogP contribution >= 0.6 is 11.6 Å². The average Bonchev–Trinajstić information content (AvgIpc) is 3.14. The Bertz CT molecular complexity index is 945. The number of benzene rings is 2. The minimum Gasteiger partial charge on any atom is -0.320 e. The zero-order valence-electron chi connectivity index (χ0n) is 18.5. The van der Waals surface area contributed by atoms with E-state index >= 15 is 0 Å². The van der Waals surface area contributed by atoms with Crippen LogP contribution in [0.15, 0.2) is 36.4 Å². The number of hydrogen-bond donors (Lipinski definition) is 1. The lowest BCUT2D eigenvalue weighted by Crippen LogP contribution is -2.44. The molecule has 0 radical (unpaired) electrons. The first kappa shape index (κ1) is 23.5. The molecule has 1 aliphatic rings. The van der Waals surface area contributed by atoms with Crippen LogP contribution < -0.4 is 5.32 Å². The monoisotopic (exact) mass is 449 g/mol. The molecule has 4 nitrogen and oxygen atoms in total. The van der Waals surface area contributed by atoms with Crippen molar-refractivity contribution < 1.29 is 13.6 Å². The Balaban J connectivity index is 1.64. The second-order valence-electron chi connectivity index (χ2n) is 8.40. The van der Waals surface area contributed by atoms with E-state index in [1.165, 1.54) is 11.6 Å². The van der Waals surface area contributed by atoms with E-state index < -0.39 is 5.92 Å². The van der Waals surface area contributed by atoms with Gasteiger partial charge in [0.25, 0.3) is 5.92 Å². The molecule has 1 unspecified atom stereocenters. The number of likely N-dealkylation sites (tertiary alicyclic amines) is 1. The number of amides is 2. The standard InChI is InChI=1S/C24H30ClF2N3O/c1-5-30(23(31)28-19-8-6-16(2)21(13-19)24(4,26)27)20-10-11-29(15-20)14-18-7-9-22(25)17(3)12-18/h6-9,12-13,20H,5,10-11,14-15H2,1-4H3,(H,28,31). The smallest absolute Gasteiger partial charge is 0.320 e. The van der Waals surface area contributed by atoms with Gasteiger partial charge in [0.15, 0.2) is 0 Å². The number of halogens is 3. The van der Waals surface area contributed by atoms with Gasteiger partial charge in [0.1, 0.15) is 0 Å². The molecule has 2 aromatic carbocycles. The average molecular weight is 450 g/mol. The van der Waals surface area contributed by atoms with Gasteiger partial charge < -0.3 is 10.2 Å². The van der Waals surface area contributed by atoms with Crippen LogP contribution in [-0.2, 0) is 12.5 Å². The fourth-order valence-electron chi connectivity index (χ4n) is 4.21. The summed E-state index contributed by atoms with van der Waals surface area (Å²) >= 11 is 6.12. The van der Waals surface area contributed by atoms with Crippen LogP contribution in [0.3, 0.4) is 0 Å². The Hall–Kier alpha value is -2.18. The van der Waals surface area contributed by atoms with E-state index in [2.05, 4.69) is 16.3 Å². The van der Waals surface area contributed by atoms with Crippen molar-refractivity contribution in [2.24, 2.45) is 0 Å². The highest BCUT2D eigenvalue weighted by molar-refractivity contribution is 6.31. The van der Waals surface area contributed by atoms with E-state index in [0.29, 0.717) is 17.8 Å². The second-order valence-corrected chi connectivity index (χ2v) is 8.80. The van der Waals surface area contributed by atoms with Gasteiger partial charge in [-0.2, -0.15) is 0 Å². The van der Waals surface area contributed by atoms with Crippen molar-refractivity contribution in [3.05, 3.63) is 63.7 Å². The van der Waals surface area contributed by atoms with Crippen molar-refractivity contribution in [1.29, 1.82) is 0 Å². The second kappa shape index (κ2) is 9.53. The number of nitrogens with one attached hydrogen (secondary N) is 1. The number of nitrogens with zero attached hydrogens (tertiary/aromatic N) is 2. The van der Waals surface area contributed by atoms with E-state index in [1.54, 1.807) is 24.0 Å². The maximum atomic E-state index is 13.8. The first-order chi connectivity index (χ1) is 14.6. The summed E-state index contributed by atoms with van der Waals surface area (Å²) in [7, 11) is 0. The Kier molecular flexibility index (Phi) is 7.22. The molecular formula is C24H30ClF2N3O. The largest absolute Gasteiger partial charge is 0.322 e. The normalized spacial score (nSPS) is 17.1. The third-order valence-electron chi connectivity index (χ3n) is 5.88. The molecule has 0 aliphatic carbocycles. The topological polar surface area (TPSA) is 35.6 Å². The van der Waals surface area contributed by atoms with Crippen LogP contribution in [0.25, 0.3) is 0 Å². The van der Waals surface area contributed by atoms with Crippen molar-refractivity contribution in [2.45, 2.75) is 52.6 Å². The molecule has 1 fully saturated rings. The molecule has 0 bridgehead atoms. The van der Waals surface area contributed by atoms with Gasteiger partial charge in [-0.3, -0.25) is 4.90 Å². The third kappa shape index (κ3) is 5.74. The summed E-state index contributed by atoms with van der Waals surface area (Å²) in [5, 5.41) is 3.57. The van der Waals surface area contributed by atoms with E-state index in [-0.39, 0.29) is 17.6 Å². The van der Waals surface area contributed by atoms with Gasteiger partial charge >= 0.3 is 6.03 Å². The maximum Gasteiger partial charge on any atom is 0.322 e. The fourth-order valence-corrected chi connectivity index (χ4v) is 4.33. The number of anilines is 1. The predicted molar refractivity (Wildman–Crippen MR) is 122 cm³/mol. The lowest BCUT2D eigenvalue weighted by molar-refractivity contribution is 0.0169. The van der Waals surface area contributed by atoms with Crippen LogP contribution in [0, 0.1) is 13.8 Å². The lowest BCUT2D eigenvalue weighted by Gasteiger charge is -2.28. The molecule has 0 saturated carbocycles. The molecule has 2 amide bonds. The van der Waals surface area contributed by atoms with Crippen molar-refractivity contribution >= 4 is 23.3 Å². The summed E-state index contributed by atoms with van der Waals surface area (Å²) in [5.41, 5.74) is 3.07. The zero-order valence-corrected chi connectivity index (χ0v) is 19.3. The van der Waals surface area contributed by atoms with Gasteiger partial charge in [-0.25, -0.2) is 13.6 Å². The number of aryl methyl sites for hydroxylation is 2. The van der Waals surface area contributed by atoms with E-state index in [1.807, 2.05) is 26.0 Å². The minimum absolute atomic E-state index is 0.0707. The highest BCUT2D eigenvalue weighted by Crippen LogP contribution is 2.32. The highest BCUT2D eigenvalue weighted by atomic mass is 35.5. The molecule has 168 valence electrons. The van der Waals surface area contributed by atoms with Crippen LogP contribution in [0.1, 0.15) is 42.5 Å². The van der Waals surface area contributed by atoms with Gasteiger partial charge in [-0.15, -0.1) is 0 Å². The Labute approximate surface area is 188 Å². The third-order valence-corrected chi connectivity index (χ3v) is 6.30. The molecule has 0 spiro atoms. The molecule has 3 rings (SSSR count). The summed E-state index contributed by atoms with van der Waals surface area (Å²) < 4.78 is 27.7. The predicted octanol–water partition coefficient (Wildman–Crippen LogP) is 6.20. The number of rotatable bonds is 6. The number of carbonyl (C=O) groups is 1. The molecule has 31 heavy (non-hydrogen) atoms. The van der Waals surface area contributed by atoms with Gasteiger partial charge in [0, 0.05) is 55.4 Å². The molecule has 0 aromatic heterocycles. The van der Waals surface area contributed by atoms with Crippen molar-refractivity contribution in [3.8, 4) is 0 Å². The summed E-state index contributed by atoms with van der Waals surface area (Å²) in [6, 6.07) is 10.5. The molecule has 2 aromatic rings. The van der Waals surface area contributed by atoms with Gasteiger partial charge in [-0.05, 0) is 62.1 Å². The zero-order chi connectivity index (χ0) is 22.8. The number of likely N-dealkylation sites (N-methyl/N-ethyl adjacent to an activating group) is 1. The molecule has 7 heteroatoms. The summed E-state index contributed by atoms with van der Waals surface area (Å²) in [5.74, 6) is -2.96. The highest BCUT2D eigenvalue weighted by Gasteiger charge is 2.31. The molecule has 1 atom stereocenters. The van der Waals surface area contributed by atoms with Crippen molar-refractivity contribution in [3.63, 3.8) is 0 Å². The number of carbonyl (C=O) groups excluding carboxylic acids is 1. The summed E-state index contributed by atoms with van der Waals surface area (Å²) in [6.07, 6.45) is 0.875. The SMILES string of the molecule is CCN(C(=O)Nc1ccc(C)c(C(C)(F)F)c1)C1CCN(Cc2ccc(Cl)c(C)c2)C1. The van der Waals surface area contributed by atoms with Crippen molar-refractivity contribution in [1.82, 2.24) is 9.80 Å². The van der Waals surface area contributed by atoms with Gasteiger partial charge in [-0.1, -0.05) is 29.8 Å². The number of alkyl halides is 2. The summed E-state index contributed by atoms with van der Waals surface area (Å²) in [4.78, 5) is 17.0. The van der Waals surface area contributed by atoms with Crippen LogP contribution in [0.2, 0.25) is 5.02 Å². The quantitative estimate of drug-likeness (QED) is 0.570. The molecular weight excluding hydrogens is 420 g/mol. The summed E-state index contributed by atoms with van der Waals surface area (Å²) in [6.45, 7) is 9.47. The van der Waals surface area contributed by atoms with Gasteiger partial charge in [0.2, 0.25) is 0 Å². The Morgan fingerprint density at radius 2 is 1.97 bits per heavy atom. The number of hydrogen-bond acceptors (Lipinski definition) is 2. The molecule has 1 saturated heterocycles. The van der Waals surface area contributed by atoms with Crippen molar-refractivity contribution in [2.75, 3.05) is 25.0 Å². The first-order valence-electron chi connectivity index (χ1n) is 10.6. The first-order valence-corrected chi connectivity index (χ1v) is 11.0. The Morgan fingerprint density at radius 1 is 1.23 bits per heavy atom. The molecule has 1 N–H and O–H groups in total. The van der Waals surface area contributed by atoms with Crippen LogP contribution in [0.5, 0.6) is 0 Å². The minimum atomic E-state index is -2.96. The molecule has 1 heterocycles. The van der Waals surface area contributed by atoms with E-state index in [9.17, 15) is 13.6 Å². The van der Waals surface area contributed by atoms with Gasteiger partial charge in [0.05, 0.1) is 0 Å². The molecule has 1 aliphatic heterocycles. The van der Waals surface area contributed by atoms with Crippen LogP contribution in [-0.4, -0.2) is 41.5 Å².